The van der Waals surface area contributed by atoms with Crippen molar-refractivity contribution in [2.45, 2.75) is 245 Å². The molecule has 0 aromatic heterocycles. The SMILES string of the molecule is CCCCCCCCCCCCCCCCCCOCCCCCCCCCCCCCCCCCC.O=C(O)CCCCC(=O)O. The monoisotopic (exact) mass is 669 g/mol. The predicted octanol–water partition coefficient (Wildman–Crippen LogP) is 14.2. The minimum Gasteiger partial charge on any atom is -0.481 e. The molecule has 0 aromatic carbocycles. The molecule has 47 heavy (non-hydrogen) atoms. The van der Waals surface area contributed by atoms with Crippen molar-refractivity contribution < 1.29 is 24.5 Å². The summed E-state index contributed by atoms with van der Waals surface area (Å²) in [6.07, 6.45) is 47.0. The van der Waals surface area contributed by atoms with Crippen LogP contribution in [-0.2, 0) is 14.3 Å². The van der Waals surface area contributed by atoms with Gasteiger partial charge in [0.25, 0.3) is 0 Å². The van der Waals surface area contributed by atoms with Gasteiger partial charge in [-0.05, 0) is 25.7 Å². The van der Waals surface area contributed by atoms with Gasteiger partial charge in [-0.1, -0.05) is 206 Å². The Kier molecular flexibility index (Phi) is 45.9. The lowest BCUT2D eigenvalue weighted by molar-refractivity contribution is -0.139. The van der Waals surface area contributed by atoms with Gasteiger partial charge in [-0.3, -0.25) is 9.59 Å². The largest absolute Gasteiger partial charge is 0.481 e. The van der Waals surface area contributed by atoms with Crippen LogP contribution in [0.1, 0.15) is 245 Å². The summed E-state index contributed by atoms with van der Waals surface area (Å²) in [6.45, 7) is 6.60. The maximum atomic E-state index is 9.90. The van der Waals surface area contributed by atoms with Gasteiger partial charge in [-0.2, -0.15) is 0 Å². The third-order valence-electron chi connectivity index (χ3n) is 9.32. The lowest BCUT2D eigenvalue weighted by atomic mass is 10.0. The second-order valence-electron chi connectivity index (χ2n) is 14.2. The molecular formula is C42H84O5. The average molecular weight is 669 g/mol. The predicted molar refractivity (Wildman–Crippen MR) is 204 cm³/mol. The van der Waals surface area contributed by atoms with Crippen LogP contribution in [0.2, 0.25) is 0 Å². The molecule has 0 aliphatic heterocycles. The van der Waals surface area contributed by atoms with Gasteiger partial charge < -0.3 is 14.9 Å². The first-order valence-electron chi connectivity index (χ1n) is 21.1. The van der Waals surface area contributed by atoms with Crippen LogP contribution in [0.3, 0.4) is 0 Å². The smallest absolute Gasteiger partial charge is 0.303 e. The van der Waals surface area contributed by atoms with Crippen molar-refractivity contribution in [1.29, 1.82) is 0 Å². The van der Waals surface area contributed by atoms with E-state index in [0.29, 0.717) is 12.8 Å². The van der Waals surface area contributed by atoms with Gasteiger partial charge in [0.1, 0.15) is 0 Å². The molecule has 0 saturated heterocycles. The maximum absolute atomic E-state index is 9.90. The van der Waals surface area contributed by atoms with Crippen molar-refractivity contribution in [3.63, 3.8) is 0 Å². The lowest BCUT2D eigenvalue weighted by Crippen LogP contribution is -1.97. The summed E-state index contributed by atoms with van der Waals surface area (Å²) >= 11 is 0. The Labute approximate surface area is 294 Å². The molecule has 0 aliphatic rings. The van der Waals surface area contributed by atoms with E-state index in [1.807, 2.05) is 0 Å². The van der Waals surface area contributed by atoms with Crippen LogP contribution < -0.4 is 0 Å². The Morgan fingerprint density at radius 2 is 0.511 bits per heavy atom. The summed E-state index contributed by atoms with van der Waals surface area (Å²) in [4.78, 5) is 19.8. The molecule has 0 aliphatic carbocycles. The fraction of sp³-hybridized carbons (Fsp3) is 0.952. The first-order valence-corrected chi connectivity index (χ1v) is 21.1. The van der Waals surface area contributed by atoms with Crippen LogP contribution in [-0.4, -0.2) is 35.4 Å². The quantitative estimate of drug-likeness (QED) is 0.0637. The van der Waals surface area contributed by atoms with Crippen LogP contribution in [0.5, 0.6) is 0 Å². The number of hydrogen-bond donors (Lipinski definition) is 2. The lowest BCUT2D eigenvalue weighted by Gasteiger charge is -2.06. The zero-order valence-electron chi connectivity index (χ0n) is 32.0. The van der Waals surface area contributed by atoms with Gasteiger partial charge in [0.2, 0.25) is 0 Å². The van der Waals surface area contributed by atoms with E-state index in [9.17, 15) is 9.59 Å². The first-order chi connectivity index (χ1) is 23.0. The topological polar surface area (TPSA) is 83.8 Å². The van der Waals surface area contributed by atoms with Crippen LogP contribution in [0, 0.1) is 0 Å². The molecule has 0 unspecified atom stereocenters. The van der Waals surface area contributed by atoms with Gasteiger partial charge in [0.15, 0.2) is 0 Å². The second-order valence-corrected chi connectivity index (χ2v) is 14.2. The summed E-state index contributed by atoms with van der Waals surface area (Å²) in [5.74, 6) is -1.74. The first kappa shape index (κ1) is 48.0. The standard InChI is InChI=1S/C36H74O.C6H10O4/c1-3-5-7-9-11-13-15-17-19-21-23-25-27-29-31-33-35-37-36-34-32-30-28-26-24-22-20-18-16-14-12-10-8-6-4-2;7-5(8)3-1-2-4-6(9)10/h3-36H2,1-2H3;1-4H2,(H,7,8)(H,9,10). The minimum absolute atomic E-state index is 0.0628. The van der Waals surface area contributed by atoms with E-state index in [1.165, 1.54) is 205 Å². The van der Waals surface area contributed by atoms with Crippen molar-refractivity contribution in [2.24, 2.45) is 0 Å². The van der Waals surface area contributed by atoms with Crippen molar-refractivity contribution in [2.75, 3.05) is 13.2 Å². The Hall–Kier alpha value is -1.10. The summed E-state index contributed by atoms with van der Waals surface area (Å²) in [5.41, 5.74) is 0. The molecule has 5 nitrogen and oxygen atoms in total. The van der Waals surface area contributed by atoms with Crippen LogP contribution in [0.15, 0.2) is 0 Å². The molecular weight excluding hydrogens is 584 g/mol. The number of unbranched alkanes of at least 4 members (excludes halogenated alkanes) is 31. The van der Waals surface area contributed by atoms with Crippen molar-refractivity contribution in [3.05, 3.63) is 0 Å². The number of ether oxygens (including phenoxy) is 1. The molecule has 5 heteroatoms. The summed E-state index contributed by atoms with van der Waals surface area (Å²) in [5, 5.41) is 16.3. The maximum Gasteiger partial charge on any atom is 0.303 e. The Balaban J connectivity index is 0. The third kappa shape index (κ3) is 51.9. The summed E-state index contributed by atoms with van der Waals surface area (Å²) in [7, 11) is 0. The highest BCUT2D eigenvalue weighted by molar-refractivity contribution is 5.67. The Morgan fingerprint density at radius 3 is 0.702 bits per heavy atom. The molecule has 0 radical (unpaired) electrons. The summed E-state index contributed by atoms with van der Waals surface area (Å²) in [6, 6.07) is 0. The highest BCUT2D eigenvalue weighted by Crippen LogP contribution is 2.15. The van der Waals surface area contributed by atoms with Crippen molar-refractivity contribution >= 4 is 11.9 Å². The van der Waals surface area contributed by atoms with Gasteiger partial charge >= 0.3 is 11.9 Å². The van der Waals surface area contributed by atoms with Crippen LogP contribution in [0.4, 0.5) is 0 Å². The highest BCUT2D eigenvalue weighted by Gasteiger charge is 2.00. The number of carboxylic acids is 2. The minimum atomic E-state index is -0.870. The third-order valence-corrected chi connectivity index (χ3v) is 9.32. The van der Waals surface area contributed by atoms with E-state index >= 15 is 0 Å². The van der Waals surface area contributed by atoms with E-state index in [-0.39, 0.29) is 12.8 Å². The van der Waals surface area contributed by atoms with Gasteiger partial charge in [-0.25, -0.2) is 0 Å². The molecule has 282 valence electrons. The molecule has 0 atom stereocenters. The van der Waals surface area contributed by atoms with Gasteiger partial charge in [0.05, 0.1) is 0 Å². The van der Waals surface area contributed by atoms with Crippen molar-refractivity contribution in [1.82, 2.24) is 0 Å². The highest BCUT2D eigenvalue weighted by atomic mass is 16.5. The number of rotatable bonds is 39. The van der Waals surface area contributed by atoms with Crippen molar-refractivity contribution in [3.8, 4) is 0 Å². The van der Waals surface area contributed by atoms with E-state index in [1.54, 1.807) is 0 Å². The molecule has 2 N–H and O–H groups in total. The molecule has 0 fully saturated rings. The number of carbonyl (C=O) groups is 2. The number of aliphatic carboxylic acids is 2. The van der Waals surface area contributed by atoms with E-state index in [2.05, 4.69) is 13.8 Å². The van der Waals surface area contributed by atoms with Crippen LogP contribution >= 0.6 is 0 Å². The number of hydrogen-bond acceptors (Lipinski definition) is 3. The summed E-state index contributed by atoms with van der Waals surface area (Å²) < 4.78 is 5.87. The van der Waals surface area contributed by atoms with E-state index < -0.39 is 11.9 Å². The van der Waals surface area contributed by atoms with Gasteiger partial charge in [0, 0.05) is 26.1 Å². The molecule has 0 bridgehead atoms. The van der Waals surface area contributed by atoms with Crippen LogP contribution in [0.25, 0.3) is 0 Å². The molecule has 0 rings (SSSR count). The van der Waals surface area contributed by atoms with Gasteiger partial charge in [-0.15, -0.1) is 0 Å². The normalized spacial score (nSPS) is 11.0. The Morgan fingerprint density at radius 1 is 0.319 bits per heavy atom. The van der Waals surface area contributed by atoms with E-state index in [0.717, 1.165) is 13.2 Å². The Bertz CT molecular complexity index is 544. The zero-order valence-corrected chi connectivity index (χ0v) is 32.0. The fourth-order valence-electron chi connectivity index (χ4n) is 6.16. The molecule has 0 spiro atoms. The second kappa shape index (κ2) is 44.9. The van der Waals surface area contributed by atoms with E-state index in [4.69, 9.17) is 14.9 Å². The molecule has 0 aromatic rings. The molecule has 0 saturated carbocycles. The average Bonchev–Trinajstić information content (AvgIpc) is 3.05. The number of carboxylic acid groups (broad SMARTS) is 2. The molecule has 0 heterocycles. The molecule has 0 amide bonds. The fourth-order valence-corrected chi connectivity index (χ4v) is 6.16. The zero-order chi connectivity index (χ0) is 34.7.